The SMILES string of the molecule is CCOC(=O)C(CP=O)(OCC)C(CO)c1ccccc1. The highest BCUT2D eigenvalue weighted by atomic mass is 31.1. The highest BCUT2D eigenvalue weighted by molar-refractivity contribution is 7.23. The molecule has 1 N–H and O–H groups in total. The van der Waals surface area contributed by atoms with Gasteiger partial charge in [0.05, 0.1) is 19.4 Å². The van der Waals surface area contributed by atoms with Crippen molar-refractivity contribution in [3.8, 4) is 0 Å². The van der Waals surface area contributed by atoms with E-state index in [1.807, 2.05) is 18.2 Å². The number of aliphatic hydroxyl groups is 1. The number of rotatable bonds is 9. The molecule has 0 fully saturated rings. The Morgan fingerprint density at radius 1 is 1.29 bits per heavy atom. The molecule has 0 saturated carbocycles. The number of ether oxygens (including phenoxy) is 2. The molecule has 0 heterocycles. The van der Waals surface area contributed by atoms with E-state index in [1.165, 1.54) is 0 Å². The molecule has 2 unspecified atom stereocenters. The molecule has 0 amide bonds. The molecule has 0 aliphatic heterocycles. The van der Waals surface area contributed by atoms with Crippen LogP contribution in [0.3, 0.4) is 0 Å². The summed E-state index contributed by atoms with van der Waals surface area (Å²) in [6, 6.07) is 9.07. The van der Waals surface area contributed by atoms with Gasteiger partial charge in [-0.25, -0.2) is 4.79 Å². The fourth-order valence-corrected chi connectivity index (χ4v) is 2.97. The topological polar surface area (TPSA) is 72.8 Å². The highest BCUT2D eigenvalue weighted by Gasteiger charge is 2.48. The monoisotopic (exact) mass is 312 g/mol. The lowest BCUT2D eigenvalue weighted by Crippen LogP contribution is -2.51. The number of carbonyl (C=O) groups excluding carboxylic acids is 1. The third-order valence-electron chi connectivity index (χ3n) is 3.27. The Bertz CT molecular complexity index is 451. The molecule has 6 heteroatoms. The molecule has 1 aromatic rings. The standard InChI is InChI=1S/C15H21O5P/c1-3-19-14(17)15(11-21-18,20-4-2)13(10-16)12-8-6-5-7-9-12/h5-9,13,16H,3-4,10-11H2,1-2H3. The van der Waals surface area contributed by atoms with Gasteiger partial charge in [0.2, 0.25) is 0 Å². The molecule has 0 radical (unpaired) electrons. The van der Waals surface area contributed by atoms with Gasteiger partial charge >= 0.3 is 5.97 Å². The summed E-state index contributed by atoms with van der Waals surface area (Å²) in [4.78, 5) is 12.4. The van der Waals surface area contributed by atoms with Gasteiger partial charge in [-0.3, -0.25) is 4.57 Å². The van der Waals surface area contributed by atoms with E-state index >= 15 is 0 Å². The third-order valence-corrected chi connectivity index (χ3v) is 3.87. The second-order valence-corrected chi connectivity index (χ2v) is 5.05. The molecule has 0 aliphatic carbocycles. The minimum Gasteiger partial charge on any atom is -0.464 e. The molecule has 1 rings (SSSR count). The number of esters is 1. The quantitative estimate of drug-likeness (QED) is 0.560. The Morgan fingerprint density at radius 3 is 2.43 bits per heavy atom. The van der Waals surface area contributed by atoms with Crippen molar-refractivity contribution >= 4 is 14.4 Å². The summed E-state index contributed by atoms with van der Waals surface area (Å²) in [5.41, 5.74) is -0.713. The van der Waals surface area contributed by atoms with Gasteiger partial charge < -0.3 is 14.6 Å². The Labute approximate surface area is 126 Å². The molecule has 1 aromatic carbocycles. The first kappa shape index (κ1) is 17.8. The summed E-state index contributed by atoms with van der Waals surface area (Å²) in [6.45, 7) is 3.57. The summed E-state index contributed by atoms with van der Waals surface area (Å²) in [6.07, 6.45) is -0.0696. The highest BCUT2D eigenvalue weighted by Crippen LogP contribution is 2.35. The molecule has 116 valence electrons. The first-order valence-corrected chi connectivity index (χ1v) is 7.92. The lowest BCUT2D eigenvalue weighted by molar-refractivity contribution is -0.173. The molecule has 0 spiro atoms. The van der Waals surface area contributed by atoms with E-state index in [-0.39, 0.29) is 34.4 Å². The van der Waals surface area contributed by atoms with Crippen LogP contribution in [0.4, 0.5) is 0 Å². The number of aliphatic hydroxyl groups excluding tert-OH is 1. The Morgan fingerprint density at radius 2 is 1.95 bits per heavy atom. The maximum absolute atomic E-state index is 12.4. The van der Waals surface area contributed by atoms with Crippen LogP contribution in [-0.4, -0.2) is 42.7 Å². The summed E-state index contributed by atoms with van der Waals surface area (Å²) in [5.74, 6) is -1.24. The van der Waals surface area contributed by atoms with E-state index in [0.29, 0.717) is 0 Å². The largest absolute Gasteiger partial charge is 0.464 e. The second-order valence-electron chi connectivity index (χ2n) is 4.48. The third kappa shape index (κ3) is 4.10. The lowest BCUT2D eigenvalue weighted by Gasteiger charge is -2.36. The summed E-state index contributed by atoms with van der Waals surface area (Å²) < 4.78 is 21.9. The van der Waals surface area contributed by atoms with Crippen LogP contribution in [0.1, 0.15) is 25.3 Å². The first-order chi connectivity index (χ1) is 10.2. The van der Waals surface area contributed by atoms with Crippen LogP contribution in [0.5, 0.6) is 0 Å². The van der Waals surface area contributed by atoms with E-state index < -0.39 is 17.5 Å². The van der Waals surface area contributed by atoms with Gasteiger partial charge in [0.25, 0.3) is 0 Å². The Balaban J connectivity index is 3.29. The number of hydrogen-bond acceptors (Lipinski definition) is 5. The van der Waals surface area contributed by atoms with Crippen LogP contribution in [0.25, 0.3) is 0 Å². The molecule has 21 heavy (non-hydrogen) atoms. The van der Waals surface area contributed by atoms with Crippen LogP contribution in [0, 0.1) is 0 Å². The average Bonchev–Trinajstić information content (AvgIpc) is 2.49. The van der Waals surface area contributed by atoms with Crippen molar-refractivity contribution < 1.29 is 23.9 Å². The zero-order valence-electron chi connectivity index (χ0n) is 12.3. The molecule has 0 saturated heterocycles. The van der Waals surface area contributed by atoms with E-state index in [2.05, 4.69) is 0 Å². The molecule has 0 aliphatic rings. The van der Waals surface area contributed by atoms with Crippen LogP contribution in [0.2, 0.25) is 0 Å². The summed E-state index contributed by atoms with van der Waals surface area (Å²) in [7, 11) is -0.238. The van der Waals surface area contributed by atoms with E-state index in [1.54, 1.807) is 26.0 Å². The van der Waals surface area contributed by atoms with E-state index in [4.69, 9.17) is 9.47 Å². The minimum absolute atomic E-state index is 0.0696. The summed E-state index contributed by atoms with van der Waals surface area (Å²) in [5, 5.41) is 9.79. The Hall–Kier alpha value is -1.29. The van der Waals surface area contributed by atoms with Crippen molar-refractivity contribution in [1.29, 1.82) is 0 Å². The van der Waals surface area contributed by atoms with Crippen molar-refractivity contribution in [3.05, 3.63) is 35.9 Å². The van der Waals surface area contributed by atoms with Crippen molar-refractivity contribution in [2.24, 2.45) is 0 Å². The van der Waals surface area contributed by atoms with Gasteiger partial charge in [0.15, 0.2) is 14.1 Å². The minimum atomic E-state index is -1.45. The fourth-order valence-electron chi connectivity index (χ4n) is 2.34. The zero-order valence-corrected chi connectivity index (χ0v) is 13.2. The van der Waals surface area contributed by atoms with E-state index in [9.17, 15) is 14.5 Å². The predicted molar refractivity (Wildman–Crippen MR) is 79.7 cm³/mol. The van der Waals surface area contributed by atoms with Gasteiger partial charge in [-0.05, 0) is 19.4 Å². The summed E-state index contributed by atoms with van der Waals surface area (Å²) >= 11 is 0. The van der Waals surface area contributed by atoms with Gasteiger partial charge in [0.1, 0.15) is 0 Å². The van der Waals surface area contributed by atoms with Crippen molar-refractivity contribution in [3.63, 3.8) is 0 Å². The molecule has 0 aromatic heterocycles. The van der Waals surface area contributed by atoms with Crippen molar-refractivity contribution in [2.75, 3.05) is 26.0 Å². The number of carbonyl (C=O) groups is 1. The number of hydrogen-bond donors (Lipinski definition) is 1. The van der Waals surface area contributed by atoms with Gasteiger partial charge in [0, 0.05) is 12.5 Å². The lowest BCUT2D eigenvalue weighted by atomic mass is 9.83. The molecule has 0 bridgehead atoms. The molecular weight excluding hydrogens is 291 g/mol. The average molecular weight is 312 g/mol. The maximum atomic E-state index is 12.4. The maximum Gasteiger partial charge on any atom is 0.339 e. The predicted octanol–water partition coefficient (Wildman–Crippen LogP) is 2.39. The van der Waals surface area contributed by atoms with Gasteiger partial charge in [-0.2, -0.15) is 0 Å². The molecular formula is C15H21O5P. The molecule has 2 atom stereocenters. The fraction of sp³-hybridized carbons (Fsp3) is 0.533. The zero-order chi connectivity index (χ0) is 15.7. The van der Waals surface area contributed by atoms with Gasteiger partial charge in [-0.1, -0.05) is 30.3 Å². The second kappa shape index (κ2) is 8.88. The van der Waals surface area contributed by atoms with Crippen LogP contribution in [-0.2, 0) is 18.8 Å². The van der Waals surface area contributed by atoms with Crippen LogP contribution >= 0.6 is 8.46 Å². The van der Waals surface area contributed by atoms with Gasteiger partial charge in [-0.15, -0.1) is 0 Å². The van der Waals surface area contributed by atoms with Crippen LogP contribution < -0.4 is 0 Å². The van der Waals surface area contributed by atoms with Crippen molar-refractivity contribution in [2.45, 2.75) is 25.4 Å². The normalized spacial score (nSPS) is 15.4. The Kier molecular flexibility index (Phi) is 7.51. The number of benzene rings is 1. The molecule has 5 nitrogen and oxygen atoms in total. The van der Waals surface area contributed by atoms with Crippen LogP contribution in [0.15, 0.2) is 30.3 Å². The first-order valence-electron chi connectivity index (χ1n) is 6.92. The van der Waals surface area contributed by atoms with E-state index in [0.717, 1.165) is 5.56 Å². The van der Waals surface area contributed by atoms with Crippen molar-refractivity contribution in [1.82, 2.24) is 0 Å². The smallest absolute Gasteiger partial charge is 0.339 e.